The Kier molecular flexibility index (Phi) is 7.11. The molecule has 0 fully saturated rings. The van der Waals surface area contributed by atoms with E-state index in [9.17, 15) is 4.79 Å². The Bertz CT molecular complexity index is 296. The Morgan fingerprint density at radius 1 is 1.24 bits per heavy atom. The second-order valence-corrected chi connectivity index (χ2v) is 4.12. The summed E-state index contributed by atoms with van der Waals surface area (Å²) in [5.41, 5.74) is 0. The molecular weight excluding hydrogens is 216 g/mol. The Balaban J connectivity index is 1.86. The predicted molar refractivity (Wildman–Crippen MR) is 66.6 cm³/mol. The third kappa shape index (κ3) is 6.76. The van der Waals surface area contributed by atoms with Crippen molar-refractivity contribution < 1.29 is 9.53 Å². The fourth-order valence-electron chi connectivity index (χ4n) is 1.75. The molecule has 0 unspecified atom stereocenters. The highest BCUT2D eigenvalue weighted by Crippen LogP contribution is 2.07. The van der Waals surface area contributed by atoms with Gasteiger partial charge in [0.25, 0.3) is 0 Å². The van der Waals surface area contributed by atoms with Gasteiger partial charge in [0.1, 0.15) is 0 Å². The van der Waals surface area contributed by atoms with Gasteiger partial charge < -0.3 is 9.30 Å². The topological polar surface area (TPSA) is 44.1 Å². The van der Waals surface area contributed by atoms with Crippen molar-refractivity contribution in [2.75, 3.05) is 6.61 Å². The second kappa shape index (κ2) is 8.79. The monoisotopic (exact) mass is 238 g/mol. The second-order valence-electron chi connectivity index (χ2n) is 4.12. The minimum atomic E-state index is -0.0640. The molecule has 0 saturated carbocycles. The van der Waals surface area contributed by atoms with Crippen LogP contribution in [0.4, 0.5) is 0 Å². The highest BCUT2D eigenvalue weighted by Gasteiger charge is 2.00. The van der Waals surface area contributed by atoms with Crippen molar-refractivity contribution >= 4 is 5.97 Å². The highest BCUT2D eigenvalue weighted by atomic mass is 16.5. The maximum Gasteiger partial charge on any atom is 0.305 e. The summed E-state index contributed by atoms with van der Waals surface area (Å²) in [5.74, 6) is -0.0640. The van der Waals surface area contributed by atoms with Crippen LogP contribution in [0, 0.1) is 0 Å². The maximum atomic E-state index is 11.1. The molecule has 96 valence electrons. The van der Waals surface area contributed by atoms with Crippen LogP contribution in [0.5, 0.6) is 0 Å². The van der Waals surface area contributed by atoms with Crippen molar-refractivity contribution in [2.45, 2.75) is 52.0 Å². The smallest absolute Gasteiger partial charge is 0.305 e. The number of imidazole rings is 1. The summed E-state index contributed by atoms with van der Waals surface area (Å²) in [5, 5.41) is 0. The molecule has 0 atom stereocenters. The number of aryl methyl sites for hydroxylation is 1. The van der Waals surface area contributed by atoms with Crippen LogP contribution in [0.1, 0.15) is 45.4 Å². The molecule has 0 saturated heterocycles. The van der Waals surface area contributed by atoms with Crippen molar-refractivity contribution in [3.05, 3.63) is 18.7 Å². The van der Waals surface area contributed by atoms with Crippen molar-refractivity contribution in [2.24, 2.45) is 0 Å². The van der Waals surface area contributed by atoms with Crippen LogP contribution in [0.2, 0.25) is 0 Å². The summed E-state index contributed by atoms with van der Waals surface area (Å²) < 4.78 is 6.97. The number of aromatic nitrogens is 2. The molecule has 0 amide bonds. The lowest BCUT2D eigenvalue weighted by Crippen LogP contribution is -2.03. The van der Waals surface area contributed by atoms with Gasteiger partial charge in [0, 0.05) is 25.4 Å². The van der Waals surface area contributed by atoms with Gasteiger partial charge in [-0.3, -0.25) is 4.79 Å². The number of unbranched alkanes of at least 4 members (excludes halogenated alkanes) is 4. The maximum absolute atomic E-state index is 11.1. The molecule has 0 radical (unpaired) electrons. The van der Waals surface area contributed by atoms with E-state index >= 15 is 0 Å². The summed E-state index contributed by atoms with van der Waals surface area (Å²) in [4.78, 5) is 15.1. The van der Waals surface area contributed by atoms with Gasteiger partial charge in [0.2, 0.25) is 0 Å². The largest absolute Gasteiger partial charge is 0.466 e. The normalized spacial score (nSPS) is 10.4. The Morgan fingerprint density at radius 3 is 2.71 bits per heavy atom. The molecule has 0 bridgehead atoms. The molecule has 1 heterocycles. The first-order valence-electron chi connectivity index (χ1n) is 6.44. The Hall–Kier alpha value is -1.32. The average Bonchev–Trinajstić information content (AvgIpc) is 2.81. The molecule has 0 aromatic carbocycles. The molecule has 4 nitrogen and oxygen atoms in total. The molecule has 0 N–H and O–H groups in total. The summed E-state index contributed by atoms with van der Waals surface area (Å²) in [6.07, 6.45) is 11.8. The van der Waals surface area contributed by atoms with Gasteiger partial charge in [-0.05, 0) is 19.8 Å². The number of hydrogen-bond acceptors (Lipinski definition) is 3. The van der Waals surface area contributed by atoms with Crippen LogP contribution in [0.3, 0.4) is 0 Å². The molecule has 0 aliphatic heterocycles. The van der Waals surface area contributed by atoms with Gasteiger partial charge in [0.15, 0.2) is 0 Å². The van der Waals surface area contributed by atoms with Crippen LogP contribution >= 0.6 is 0 Å². The summed E-state index contributed by atoms with van der Waals surface area (Å²) in [6.45, 7) is 3.37. The molecule has 1 aromatic rings. The summed E-state index contributed by atoms with van der Waals surface area (Å²) in [6, 6.07) is 0. The third-order valence-electron chi connectivity index (χ3n) is 2.66. The number of esters is 1. The first-order chi connectivity index (χ1) is 8.33. The fraction of sp³-hybridized carbons (Fsp3) is 0.692. The quantitative estimate of drug-likeness (QED) is 0.491. The first kappa shape index (κ1) is 13.7. The van der Waals surface area contributed by atoms with Gasteiger partial charge in [-0.25, -0.2) is 4.98 Å². The minimum Gasteiger partial charge on any atom is -0.466 e. The van der Waals surface area contributed by atoms with Crippen molar-refractivity contribution in [1.29, 1.82) is 0 Å². The van der Waals surface area contributed by atoms with E-state index in [0.717, 1.165) is 19.4 Å². The standard InChI is InChI=1S/C13H22N2O2/c1-2-17-13(16)8-6-4-3-5-7-10-15-11-9-14-12-15/h9,11-12H,2-8,10H2,1H3. The van der Waals surface area contributed by atoms with Crippen LogP contribution in [-0.4, -0.2) is 22.1 Å². The molecule has 17 heavy (non-hydrogen) atoms. The molecular formula is C13H22N2O2. The van der Waals surface area contributed by atoms with E-state index in [1.807, 2.05) is 19.4 Å². The van der Waals surface area contributed by atoms with E-state index in [1.54, 1.807) is 6.20 Å². The number of rotatable bonds is 9. The van der Waals surface area contributed by atoms with E-state index < -0.39 is 0 Å². The molecule has 1 aromatic heterocycles. The zero-order valence-corrected chi connectivity index (χ0v) is 10.6. The molecule has 0 spiro atoms. The zero-order chi connectivity index (χ0) is 12.3. The number of carbonyl (C=O) groups is 1. The molecule has 0 aliphatic carbocycles. The SMILES string of the molecule is CCOC(=O)CCCCCCCn1ccnc1. The van der Waals surface area contributed by atoms with E-state index in [-0.39, 0.29) is 5.97 Å². The fourth-order valence-corrected chi connectivity index (χ4v) is 1.75. The lowest BCUT2D eigenvalue weighted by molar-refractivity contribution is -0.143. The van der Waals surface area contributed by atoms with E-state index in [1.165, 1.54) is 19.3 Å². The summed E-state index contributed by atoms with van der Waals surface area (Å²) >= 11 is 0. The highest BCUT2D eigenvalue weighted by molar-refractivity contribution is 5.69. The van der Waals surface area contributed by atoms with Crippen LogP contribution in [-0.2, 0) is 16.1 Å². The van der Waals surface area contributed by atoms with Crippen LogP contribution < -0.4 is 0 Å². The zero-order valence-electron chi connectivity index (χ0n) is 10.6. The van der Waals surface area contributed by atoms with Crippen molar-refractivity contribution in [3.8, 4) is 0 Å². The summed E-state index contributed by atoms with van der Waals surface area (Å²) in [7, 11) is 0. The van der Waals surface area contributed by atoms with Gasteiger partial charge in [-0.2, -0.15) is 0 Å². The van der Waals surface area contributed by atoms with Gasteiger partial charge in [0.05, 0.1) is 12.9 Å². The molecule has 0 aliphatic rings. The predicted octanol–water partition coefficient (Wildman–Crippen LogP) is 2.79. The third-order valence-corrected chi connectivity index (χ3v) is 2.66. The molecule has 1 rings (SSSR count). The van der Waals surface area contributed by atoms with E-state index in [0.29, 0.717) is 13.0 Å². The minimum absolute atomic E-state index is 0.0640. The Morgan fingerprint density at radius 2 is 2.00 bits per heavy atom. The van der Waals surface area contributed by atoms with Crippen molar-refractivity contribution in [3.63, 3.8) is 0 Å². The van der Waals surface area contributed by atoms with Gasteiger partial charge in [-0.1, -0.05) is 19.3 Å². The lowest BCUT2D eigenvalue weighted by atomic mass is 10.1. The van der Waals surface area contributed by atoms with E-state index in [4.69, 9.17) is 4.74 Å². The first-order valence-corrected chi connectivity index (χ1v) is 6.44. The number of nitrogens with zero attached hydrogens (tertiary/aromatic N) is 2. The van der Waals surface area contributed by atoms with Crippen LogP contribution in [0.25, 0.3) is 0 Å². The van der Waals surface area contributed by atoms with Crippen molar-refractivity contribution in [1.82, 2.24) is 9.55 Å². The molecule has 4 heteroatoms. The van der Waals surface area contributed by atoms with E-state index in [2.05, 4.69) is 9.55 Å². The number of hydrogen-bond donors (Lipinski definition) is 0. The number of carbonyl (C=O) groups excluding carboxylic acids is 1. The van der Waals surface area contributed by atoms with Crippen LogP contribution in [0.15, 0.2) is 18.7 Å². The Labute approximate surface area is 103 Å². The van der Waals surface area contributed by atoms with Gasteiger partial charge in [-0.15, -0.1) is 0 Å². The lowest BCUT2D eigenvalue weighted by Gasteiger charge is -2.03. The number of ether oxygens (including phenoxy) is 1. The average molecular weight is 238 g/mol. The van der Waals surface area contributed by atoms with Gasteiger partial charge >= 0.3 is 5.97 Å².